The van der Waals surface area contributed by atoms with Crippen LogP contribution in [0, 0.1) is 6.92 Å². The summed E-state index contributed by atoms with van der Waals surface area (Å²) in [5, 5.41) is 8.14. The zero-order valence-corrected chi connectivity index (χ0v) is 11.1. The van der Waals surface area contributed by atoms with E-state index in [0.29, 0.717) is 0 Å². The lowest BCUT2D eigenvalue weighted by molar-refractivity contribution is 1.05. The van der Waals surface area contributed by atoms with Gasteiger partial charge in [-0.05, 0) is 36.8 Å². The second-order valence-corrected chi connectivity index (χ2v) is 4.74. The average molecular weight is 270 g/mol. The van der Waals surface area contributed by atoms with Gasteiger partial charge in [-0.15, -0.1) is 0 Å². The number of benzene rings is 1. The van der Waals surface area contributed by atoms with E-state index in [-0.39, 0.29) is 0 Å². The van der Waals surface area contributed by atoms with Gasteiger partial charge in [0.2, 0.25) is 0 Å². The Bertz CT molecular complexity index is 687. The fourth-order valence-corrected chi connectivity index (χ4v) is 2.26. The number of hydrogen-bond acceptors (Lipinski definition) is 2. The molecule has 0 unspecified atom stereocenters. The van der Waals surface area contributed by atoms with Crippen molar-refractivity contribution in [1.82, 2.24) is 15.2 Å². The van der Waals surface area contributed by atoms with Crippen molar-refractivity contribution in [2.45, 2.75) is 6.92 Å². The van der Waals surface area contributed by atoms with Crippen LogP contribution in [0.5, 0.6) is 0 Å². The summed E-state index contributed by atoms with van der Waals surface area (Å²) in [7, 11) is 0. The Morgan fingerprint density at radius 3 is 2.32 bits per heavy atom. The molecule has 2 aromatic heterocycles. The lowest BCUT2D eigenvalue weighted by Crippen LogP contribution is -1.84. The number of aryl methyl sites for hydroxylation is 1. The number of halogens is 1. The van der Waals surface area contributed by atoms with Crippen LogP contribution in [0.25, 0.3) is 22.4 Å². The van der Waals surface area contributed by atoms with Crippen LogP contribution in [0.1, 0.15) is 5.69 Å². The molecule has 4 heteroatoms. The summed E-state index contributed by atoms with van der Waals surface area (Å²) < 4.78 is 0. The van der Waals surface area contributed by atoms with Gasteiger partial charge in [-0.3, -0.25) is 10.1 Å². The summed E-state index contributed by atoms with van der Waals surface area (Å²) in [6.45, 7) is 1.99. The van der Waals surface area contributed by atoms with Gasteiger partial charge in [-0.2, -0.15) is 5.10 Å². The van der Waals surface area contributed by atoms with Gasteiger partial charge in [0, 0.05) is 28.5 Å². The maximum Gasteiger partial charge on any atom is 0.0731 e. The van der Waals surface area contributed by atoms with E-state index < -0.39 is 0 Å². The Labute approximate surface area is 116 Å². The molecule has 2 heterocycles. The van der Waals surface area contributed by atoms with Crippen molar-refractivity contribution in [2.75, 3.05) is 0 Å². The largest absolute Gasteiger partial charge is 0.277 e. The lowest BCUT2D eigenvalue weighted by Gasteiger charge is -2.04. The van der Waals surface area contributed by atoms with E-state index in [0.717, 1.165) is 33.1 Å². The molecule has 0 saturated heterocycles. The number of nitrogens with one attached hydrogen (secondary N) is 1. The summed E-state index contributed by atoms with van der Waals surface area (Å²) in [5.74, 6) is 0. The van der Waals surface area contributed by atoms with E-state index in [1.807, 2.05) is 43.3 Å². The Morgan fingerprint density at radius 1 is 0.947 bits per heavy atom. The van der Waals surface area contributed by atoms with Gasteiger partial charge in [-0.25, -0.2) is 0 Å². The molecular weight excluding hydrogens is 258 g/mol. The maximum absolute atomic E-state index is 5.93. The van der Waals surface area contributed by atoms with E-state index in [1.54, 1.807) is 12.4 Å². The molecule has 3 aromatic rings. The van der Waals surface area contributed by atoms with Crippen molar-refractivity contribution in [3.8, 4) is 22.4 Å². The molecular formula is C15H12ClN3. The van der Waals surface area contributed by atoms with Crippen molar-refractivity contribution in [1.29, 1.82) is 0 Å². The Kier molecular flexibility index (Phi) is 3.05. The van der Waals surface area contributed by atoms with Crippen LogP contribution in [0.3, 0.4) is 0 Å². The molecule has 0 spiro atoms. The standard InChI is InChI=1S/C15H12ClN3/c1-10-14(11-6-8-17-9-7-11)15(19-18-10)12-2-4-13(16)5-3-12/h2-9H,1H3,(H,18,19). The molecule has 3 nitrogen and oxygen atoms in total. The number of pyridine rings is 1. The second-order valence-electron chi connectivity index (χ2n) is 4.30. The van der Waals surface area contributed by atoms with Gasteiger partial charge in [0.25, 0.3) is 0 Å². The van der Waals surface area contributed by atoms with E-state index in [1.165, 1.54) is 0 Å². The summed E-state index contributed by atoms with van der Waals surface area (Å²) in [6.07, 6.45) is 3.57. The number of rotatable bonds is 2. The SMILES string of the molecule is Cc1n[nH]c(-c2ccc(Cl)cc2)c1-c1ccncc1. The smallest absolute Gasteiger partial charge is 0.0731 e. The van der Waals surface area contributed by atoms with Gasteiger partial charge in [-0.1, -0.05) is 23.7 Å². The Hall–Kier alpha value is -2.13. The van der Waals surface area contributed by atoms with Crippen LogP contribution in [0.15, 0.2) is 48.8 Å². The fraction of sp³-hybridized carbons (Fsp3) is 0.0667. The second kappa shape index (κ2) is 4.86. The third-order valence-electron chi connectivity index (χ3n) is 3.05. The van der Waals surface area contributed by atoms with Crippen LogP contribution >= 0.6 is 11.6 Å². The van der Waals surface area contributed by atoms with Gasteiger partial charge in [0.1, 0.15) is 0 Å². The van der Waals surface area contributed by atoms with Gasteiger partial charge >= 0.3 is 0 Å². The van der Waals surface area contributed by atoms with E-state index in [4.69, 9.17) is 11.6 Å². The highest BCUT2D eigenvalue weighted by Crippen LogP contribution is 2.32. The van der Waals surface area contributed by atoms with E-state index >= 15 is 0 Å². The molecule has 0 atom stereocenters. The molecule has 0 aliphatic carbocycles. The predicted octanol–water partition coefficient (Wildman–Crippen LogP) is 4.10. The quantitative estimate of drug-likeness (QED) is 0.761. The van der Waals surface area contributed by atoms with Crippen molar-refractivity contribution in [3.63, 3.8) is 0 Å². The number of nitrogens with zero attached hydrogens (tertiary/aromatic N) is 2. The lowest BCUT2D eigenvalue weighted by atomic mass is 10.0. The van der Waals surface area contributed by atoms with Crippen LogP contribution in [-0.2, 0) is 0 Å². The molecule has 1 N–H and O–H groups in total. The first kappa shape index (κ1) is 11.9. The molecule has 1 aromatic carbocycles. The maximum atomic E-state index is 5.93. The molecule has 3 rings (SSSR count). The minimum Gasteiger partial charge on any atom is -0.277 e. The van der Waals surface area contributed by atoms with Crippen molar-refractivity contribution >= 4 is 11.6 Å². The van der Waals surface area contributed by atoms with Gasteiger partial charge in [0.15, 0.2) is 0 Å². The first-order valence-corrected chi connectivity index (χ1v) is 6.35. The number of hydrogen-bond donors (Lipinski definition) is 1. The number of aromatic amines is 1. The Morgan fingerprint density at radius 2 is 1.63 bits per heavy atom. The average Bonchev–Trinajstić information content (AvgIpc) is 2.82. The summed E-state index contributed by atoms with van der Waals surface area (Å²) in [6, 6.07) is 11.7. The first-order chi connectivity index (χ1) is 9.25. The van der Waals surface area contributed by atoms with Gasteiger partial charge < -0.3 is 0 Å². The third-order valence-corrected chi connectivity index (χ3v) is 3.30. The first-order valence-electron chi connectivity index (χ1n) is 5.97. The fourth-order valence-electron chi connectivity index (χ4n) is 2.13. The predicted molar refractivity (Wildman–Crippen MR) is 77.0 cm³/mol. The van der Waals surface area contributed by atoms with Crippen LogP contribution in [0.4, 0.5) is 0 Å². The molecule has 0 radical (unpaired) electrons. The highest BCUT2D eigenvalue weighted by atomic mass is 35.5. The molecule has 0 aliphatic rings. The molecule has 19 heavy (non-hydrogen) atoms. The molecule has 0 amide bonds. The monoisotopic (exact) mass is 269 g/mol. The van der Waals surface area contributed by atoms with E-state index in [2.05, 4.69) is 15.2 Å². The number of aromatic nitrogens is 3. The van der Waals surface area contributed by atoms with Gasteiger partial charge in [0.05, 0.1) is 11.4 Å². The van der Waals surface area contributed by atoms with Crippen molar-refractivity contribution in [3.05, 3.63) is 59.5 Å². The van der Waals surface area contributed by atoms with Crippen molar-refractivity contribution < 1.29 is 0 Å². The minimum absolute atomic E-state index is 0.727. The zero-order valence-electron chi connectivity index (χ0n) is 10.4. The summed E-state index contributed by atoms with van der Waals surface area (Å²) in [5.41, 5.74) is 5.24. The summed E-state index contributed by atoms with van der Waals surface area (Å²) >= 11 is 5.93. The normalized spacial score (nSPS) is 10.6. The Balaban J connectivity index is 2.16. The molecule has 94 valence electrons. The molecule has 0 aliphatic heterocycles. The topological polar surface area (TPSA) is 41.6 Å². The van der Waals surface area contributed by atoms with E-state index in [9.17, 15) is 0 Å². The molecule has 0 saturated carbocycles. The van der Waals surface area contributed by atoms with Crippen LogP contribution in [0.2, 0.25) is 5.02 Å². The van der Waals surface area contributed by atoms with Crippen LogP contribution in [-0.4, -0.2) is 15.2 Å². The molecule has 0 fully saturated rings. The molecule has 0 bridgehead atoms. The highest BCUT2D eigenvalue weighted by Gasteiger charge is 2.13. The van der Waals surface area contributed by atoms with Crippen LogP contribution < -0.4 is 0 Å². The van der Waals surface area contributed by atoms with Crippen molar-refractivity contribution in [2.24, 2.45) is 0 Å². The minimum atomic E-state index is 0.727. The number of H-pyrrole nitrogens is 1. The summed E-state index contributed by atoms with van der Waals surface area (Å²) in [4.78, 5) is 4.05. The third kappa shape index (κ3) is 2.25. The zero-order chi connectivity index (χ0) is 13.2. The highest BCUT2D eigenvalue weighted by molar-refractivity contribution is 6.30.